The number of carboxylic acids is 1. The predicted octanol–water partition coefficient (Wildman–Crippen LogP) is 7.62. The lowest BCUT2D eigenvalue weighted by molar-refractivity contribution is -0.174. The molecule has 2 heterocycles. The van der Waals surface area contributed by atoms with Crippen molar-refractivity contribution in [1.29, 1.82) is 0 Å². The van der Waals surface area contributed by atoms with Crippen molar-refractivity contribution >= 4 is 35.1 Å². The summed E-state index contributed by atoms with van der Waals surface area (Å²) in [6, 6.07) is 15.6. The molecule has 0 spiro atoms. The van der Waals surface area contributed by atoms with Crippen molar-refractivity contribution < 1.29 is 27.9 Å². The summed E-state index contributed by atoms with van der Waals surface area (Å²) in [5.41, 5.74) is -0.187. The lowest BCUT2D eigenvalue weighted by Gasteiger charge is -2.51. The second kappa shape index (κ2) is 10.9. The average molecular weight is 565 g/mol. The summed E-state index contributed by atoms with van der Waals surface area (Å²) in [5, 5.41) is 10.5. The van der Waals surface area contributed by atoms with Crippen LogP contribution >= 0.6 is 23.2 Å². The summed E-state index contributed by atoms with van der Waals surface area (Å²) in [6.07, 6.45) is -5.09. The Kier molecular flexibility index (Phi) is 8.04. The van der Waals surface area contributed by atoms with E-state index in [1.165, 1.54) is 24.1 Å². The molecule has 1 saturated heterocycles. The van der Waals surface area contributed by atoms with E-state index in [4.69, 9.17) is 23.2 Å². The molecule has 0 radical (unpaired) electrons. The molecule has 2 aromatic carbocycles. The summed E-state index contributed by atoms with van der Waals surface area (Å²) in [4.78, 5) is 31.4. The Morgan fingerprint density at radius 1 is 1.08 bits per heavy atom. The first-order valence-corrected chi connectivity index (χ1v) is 12.7. The van der Waals surface area contributed by atoms with Gasteiger partial charge in [-0.25, -0.2) is 0 Å². The summed E-state index contributed by atoms with van der Waals surface area (Å²) in [5.74, 6) is -2.48. The number of piperidine rings is 1. The van der Waals surface area contributed by atoms with Gasteiger partial charge in [-0.15, -0.1) is 0 Å². The van der Waals surface area contributed by atoms with E-state index in [0.717, 1.165) is 0 Å². The van der Waals surface area contributed by atoms with Crippen LogP contribution in [0.25, 0.3) is 0 Å². The van der Waals surface area contributed by atoms with E-state index < -0.39 is 54.3 Å². The molecule has 4 unspecified atom stereocenters. The zero-order valence-corrected chi connectivity index (χ0v) is 21.8. The molecule has 0 saturated carbocycles. The minimum atomic E-state index is -4.64. The number of likely N-dealkylation sites (tertiary alicyclic amines) is 1. The van der Waals surface area contributed by atoms with Gasteiger partial charge in [0.05, 0.1) is 36.0 Å². The first-order valence-electron chi connectivity index (χ1n) is 11.9. The first-order chi connectivity index (χ1) is 17.9. The third-order valence-electron chi connectivity index (χ3n) is 6.92. The van der Waals surface area contributed by atoms with Gasteiger partial charge in [0, 0.05) is 22.2 Å². The molecule has 1 fully saturated rings. The lowest BCUT2D eigenvalue weighted by Crippen LogP contribution is -2.54. The zero-order chi connectivity index (χ0) is 27.7. The number of alkyl halides is 3. The van der Waals surface area contributed by atoms with Crippen LogP contribution in [0.4, 0.5) is 13.2 Å². The molecular weight excluding hydrogens is 540 g/mol. The second-order valence-corrected chi connectivity index (χ2v) is 10.7. The molecule has 1 aromatic heterocycles. The van der Waals surface area contributed by atoms with Gasteiger partial charge >= 0.3 is 12.1 Å². The summed E-state index contributed by atoms with van der Waals surface area (Å²) in [6.45, 7) is 1.50. The van der Waals surface area contributed by atoms with Crippen molar-refractivity contribution in [2.75, 3.05) is 0 Å². The highest BCUT2D eigenvalue weighted by Gasteiger charge is 2.54. The fourth-order valence-corrected chi connectivity index (χ4v) is 5.69. The highest BCUT2D eigenvalue weighted by atomic mass is 35.5. The summed E-state index contributed by atoms with van der Waals surface area (Å²) >= 11 is 12.4. The van der Waals surface area contributed by atoms with Gasteiger partial charge in [-0.1, -0.05) is 60.5 Å². The molecule has 10 heteroatoms. The van der Waals surface area contributed by atoms with Crippen molar-refractivity contribution in [3.05, 3.63) is 99.8 Å². The van der Waals surface area contributed by atoms with Crippen LogP contribution in [0.15, 0.2) is 72.9 Å². The molecule has 0 aliphatic carbocycles. The SMILES string of the molecule is CC1(CC(=O)O)CC(c2cccc(Cl)c2)C(c2ccc(Cl)cc2)N(C(CC(F)(F)F)c2ccccn2)C1=O. The van der Waals surface area contributed by atoms with Gasteiger partial charge in [-0.05, 0) is 53.9 Å². The monoisotopic (exact) mass is 564 g/mol. The van der Waals surface area contributed by atoms with Crippen molar-refractivity contribution in [3.8, 4) is 0 Å². The molecule has 1 aliphatic heterocycles. The van der Waals surface area contributed by atoms with Crippen LogP contribution in [-0.4, -0.2) is 33.0 Å². The van der Waals surface area contributed by atoms with Crippen molar-refractivity contribution in [2.24, 2.45) is 5.41 Å². The molecule has 3 aromatic rings. The van der Waals surface area contributed by atoms with Crippen LogP contribution in [0.3, 0.4) is 0 Å². The largest absolute Gasteiger partial charge is 0.481 e. The molecule has 200 valence electrons. The van der Waals surface area contributed by atoms with Gasteiger partial charge in [-0.3, -0.25) is 14.6 Å². The quantitative estimate of drug-likeness (QED) is 0.320. The third-order valence-corrected chi connectivity index (χ3v) is 7.41. The van der Waals surface area contributed by atoms with E-state index in [1.807, 2.05) is 0 Å². The van der Waals surface area contributed by atoms with Crippen LogP contribution in [0.1, 0.15) is 61.0 Å². The van der Waals surface area contributed by atoms with Crippen molar-refractivity contribution in [2.45, 2.75) is 50.4 Å². The maximum Gasteiger partial charge on any atom is 0.391 e. The van der Waals surface area contributed by atoms with E-state index in [9.17, 15) is 27.9 Å². The Bertz CT molecular complexity index is 1300. The van der Waals surface area contributed by atoms with Crippen LogP contribution in [-0.2, 0) is 9.59 Å². The number of hydrogen-bond donors (Lipinski definition) is 1. The van der Waals surface area contributed by atoms with E-state index in [2.05, 4.69) is 4.98 Å². The number of aliphatic carboxylic acids is 1. The predicted molar refractivity (Wildman–Crippen MR) is 138 cm³/mol. The first kappa shape index (κ1) is 27.9. The number of carbonyl (C=O) groups is 2. The minimum Gasteiger partial charge on any atom is -0.481 e. The smallest absolute Gasteiger partial charge is 0.391 e. The number of amides is 1. The van der Waals surface area contributed by atoms with Gasteiger partial charge in [0.1, 0.15) is 0 Å². The number of benzene rings is 2. The van der Waals surface area contributed by atoms with Gasteiger partial charge in [0.2, 0.25) is 5.91 Å². The number of halogens is 5. The summed E-state index contributed by atoms with van der Waals surface area (Å²) in [7, 11) is 0. The Hall–Kier alpha value is -3.10. The molecular formula is C28H25Cl2F3N2O3. The molecule has 38 heavy (non-hydrogen) atoms. The van der Waals surface area contributed by atoms with Crippen LogP contribution in [0.2, 0.25) is 10.0 Å². The van der Waals surface area contributed by atoms with Crippen LogP contribution in [0, 0.1) is 5.41 Å². The number of hydrogen-bond acceptors (Lipinski definition) is 3. The topological polar surface area (TPSA) is 70.5 Å². The van der Waals surface area contributed by atoms with Crippen molar-refractivity contribution in [3.63, 3.8) is 0 Å². The maximum atomic E-state index is 14.2. The van der Waals surface area contributed by atoms with Crippen LogP contribution in [0.5, 0.6) is 0 Å². The van der Waals surface area contributed by atoms with E-state index in [-0.39, 0.29) is 12.1 Å². The minimum absolute atomic E-state index is 0.0570. The maximum absolute atomic E-state index is 14.2. The Balaban J connectivity index is 1.99. The van der Waals surface area contributed by atoms with E-state index >= 15 is 0 Å². The zero-order valence-electron chi connectivity index (χ0n) is 20.3. The normalized spacial score (nSPS) is 22.8. The highest BCUT2D eigenvalue weighted by Crippen LogP contribution is 2.54. The van der Waals surface area contributed by atoms with Crippen LogP contribution < -0.4 is 0 Å². The fraction of sp³-hybridized carbons (Fsp3) is 0.321. The fourth-order valence-electron chi connectivity index (χ4n) is 5.36. The number of nitrogens with zero attached hydrogens (tertiary/aromatic N) is 2. The number of rotatable bonds is 7. The number of pyridine rings is 1. The highest BCUT2D eigenvalue weighted by molar-refractivity contribution is 6.30. The number of aromatic nitrogens is 1. The van der Waals surface area contributed by atoms with Gasteiger partial charge < -0.3 is 10.0 Å². The van der Waals surface area contributed by atoms with Gasteiger partial charge in [-0.2, -0.15) is 13.2 Å². The lowest BCUT2D eigenvalue weighted by atomic mass is 9.67. The molecule has 1 amide bonds. The standard InChI is InChI=1S/C28H25Cl2F3N2O3/c1-27(16-24(36)37)14-21(18-5-4-6-20(30)13-18)25(17-8-10-19(29)11-9-17)35(26(27)38)23(15-28(31,32)33)22-7-2-3-12-34-22/h2-13,21,23,25H,14-16H2,1H3,(H,36,37). The molecule has 1 N–H and O–H groups in total. The van der Waals surface area contributed by atoms with Gasteiger partial charge in [0.15, 0.2) is 0 Å². The van der Waals surface area contributed by atoms with Gasteiger partial charge in [0.25, 0.3) is 0 Å². The van der Waals surface area contributed by atoms with Crippen molar-refractivity contribution in [1.82, 2.24) is 9.88 Å². The average Bonchev–Trinajstić information content (AvgIpc) is 2.84. The summed E-state index contributed by atoms with van der Waals surface area (Å²) < 4.78 is 42.1. The number of carbonyl (C=O) groups excluding carboxylic acids is 1. The van der Waals surface area contributed by atoms with E-state index in [0.29, 0.717) is 21.2 Å². The third kappa shape index (κ3) is 6.13. The molecule has 0 bridgehead atoms. The second-order valence-electron chi connectivity index (χ2n) is 9.80. The molecule has 5 nitrogen and oxygen atoms in total. The molecule has 4 rings (SSSR count). The Morgan fingerprint density at radius 3 is 2.37 bits per heavy atom. The Labute approximate surface area is 228 Å². The molecule has 1 aliphatic rings. The van der Waals surface area contributed by atoms with E-state index in [1.54, 1.807) is 60.7 Å². The number of carboxylic acid groups (broad SMARTS) is 1. The molecule has 4 atom stereocenters. The Morgan fingerprint density at radius 2 is 1.79 bits per heavy atom.